The molecule has 0 aromatic carbocycles. The largest absolute Gasteiger partial charge is 0.305 e. The number of carbonyl (C=O) groups is 1. The van der Waals surface area contributed by atoms with Gasteiger partial charge >= 0.3 is 0 Å². The van der Waals surface area contributed by atoms with Gasteiger partial charge in [-0.3, -0.25) is 4.98 Å². The van der Waals surface area contributed by atoms with Gasteiger partial charge in [-0.1, -0.05) is 11.8 Å². The number of aromatic nitrogens is 4. The summed E-state index contributed by atoms with van der Waals surface area (Å²) in [7, 11) is 1.94. The van der Waals surface area contributed by atoms with E-state index in [4.69, 9.17) is 0 Å². The molecule has 0 aliphatic rings. The zero-order chi connectivity index (χ0) is 13.7. The molecule has 0 saturated heterocycles. The van der Waals surface area contributed by atoms with Crippen LogP contribution in [0.1, 0.15) is 19.8 Å². The van der Waals surface area contributed by atoms with Crippen molar-refractivity contribution < 1.29 is 4.79 Å². The van der Waals surface area contributed by atoms with E-state index >= 15 is 0 Å². The van der Waals surface area contributed by atoms with E-state index in [9.17, 15) is 4.79 Å². The number of hydrogen-bond donors (Lipinski definition) is 0. The predicted octanol–water partition coefficient (Wildman–Crippen LogP) is 2.34. The highest BCUT2D eigenvalue weighted by Crippen LogP contribution is 2.22. The van der Waals surface area contributed by atoms with Crippen LogP contribution in [0.5, 0.6) is 0 Å². The van der Waals surface area contributed by atoms with E-state index in [0.717, 1.165) is 28.7 Å². The summed E-state index contributed by atoms with van der Waals surface area (Å²) in [5, 5.41) is 9.22. The Morgan fingerprint density at radius 2 is 2.26 bits per heavy atom. The van der Waals surface area contributed by atoms with Gasteiger partial charge in [-0.25, -0.2) is 0 Å². The molecule has 2 heterocycles. The van der Waals surface area contributed by atoms with Gasteiger partial charge in [0.05, 0.1) is 0 Å². The molecule has 0 amide bonds. The predicted molar refractivity (Wildman–Crippen MR) is 74.9 cm³/mol. The second kappa shape index (κ2) is 6.47. The Morgan fingerprint density at radius 3 is 2.95 bits per heavy atom. The van der Waals surface area contributed by atoms with Crippen LogP contribution in [0.3, 0.4) is 0 Å². The van der Waals surface area contributed by atoms with E-state index in [1.807, 2.05) is 23.7 Å². The number of Topliss-reactive ketones (excluding diaryl/α,β-unsaturated/α-hetero) is 1. The third-order valence-electron chi connectivity index (χ3n) is 2.66. The highest BCUT2D eigenvalue weighted by molar-refractivity contribution is 7.99. The molecule has 19 heavy (non-hydrogen) atoms. The monoisotopic (exact) mass is 276 g/mol. The van der Waals surface area contributed by atoms with E-state index in [2.05, 4.69) is 15.2 Å². The lowest BCUT2D eigenvalue weighted by atomic mass is 10.3. The fourth-order valence-corrected chi connectivity index (χ4v) is 2.52. The van der Waals surface area contributed by atoms with Crippen LogP contribution in [0.2, 0.25) is 0 Å². The maximum atomic E-state index is 10.9. The third-order valence-corrected chi connectivity index (χ3v) is 3.77. The van der Waals surface area contributed by atoms with Gasteiger partial charge in [0.1, 0.15) is 5.78 Å². The molecule has 0 fully saturated rings. The quantitative estimate of drug-likeness (QED) is 0.598. The molecule has 2 rings (SSSR count). The third kappa shape index (κ3) is 3.64. The van der Waals surface area contributed by atoms with Gasteiger partial charge in [0.15, 0.2) is 11.0 Å². The molecule has 6 heteroatoms. The van der Waals surface area contributed by atoms with Gasteiger partial charge in [0, 0.05) is 37.2 Å². The van der Waals surface area contributed by atoms with Gasteiger partial charge in [-0.05, 0) is 25.5 Å². The number of nitrogens with zero attached hydrogens (tertiary/aromatic N) is 4. The van der Waals surface area contributed by atoms with E-state index in [1.54, 1.807) is 31.1 Å². The zero-order valence-electron chi connectivity index (χ0n) is 11.0. The molecule has 0 bridgehead atoms. The van der Waals surface area contributed by atoms with Crippen LogP contribution in [-0.4, -0.2) is 31.3 Å². The molecule has 0 atom stereocenters. The molecule has 0 N–H and O–H groups in total. The van der Waals surface area contributed by atoms with Crippen LogP contribution in [0, 0.1) is 0 Å². The minimum Gasteiger partial charge on any atom is -0.305 e. The summed E-state index contributed by atoms with van der Waals surface area (Å²) in [6, 6.07) is 3.84. The van der Waals surface area contributed by atoms with Crippen LogP contribution in [-0.2, 0) is 11.8 Å². The molecule has 0 aliphatic carbocycles. The fraction of sp³-hybridized carbons (Fsp3) is 0.385. The smallest absolute Gasteiger partial charge is 0.191 e. The number of rotatable bonds is 6. The SMILES string of the molecule is CC(=O)CCCSc1nnc(-c2cccnc2)n1C. The lowest BCUT2D eigenvalue weighted by molar-refractivity contribution is -0.117. The molecular formula is C13H16N4OS. The van der Waals surface area contributed by atoms with Crippen molar-refractivity contribution in [2.45, 2.75) is 24.9 Å². The molecule has 0 radical (unpaired) electrons. The molecule has 0 unspecified atom stereocenters. The molecule has 0 aliphatic heterocycles. The molecule has 2 aromatic rings. The van der Waals surface area contributed by atoms with Crippen LogP contribution in [0.25, 0.3) is 11.4 Å². The Labute approximate surface area is 116 Å². The van der Waals surface area contributed by atoms with Crippen molar-refractivity contribution in [3.63, 3.8) is 0 Å². The lowest BCUT2D eigenvalue weighted by Crippen LogP contribution is -1.96. The van der Waals surface area contributed by atoms with Crippen molar-refractivity contribution in [2.24, 2.45) is 7.05 Å². The van der Waals surface area contributed by atoms with Crippen molar-refractivity contribution in [1.29, 1.82) is 0 Å². The summed E-state index contributed by atoms with van der Waals surface area (Å²) in [5.41, 5.74) is 0.952. The zero-order valence-corrected chi connectivity index (χ0v) is 11.9. The Balaban J connectivity index is 2.01. The average Bonchev–Trinajstić information content (AvgIpc) is 2.77. The second-order valence-electron chi connectivity index (χ2n) is 4.26. The number of ketones is 1. The minimum absolute atomic E-state index is 0.231. The van der Waals surface area contributed by atoms with Crippen molar-refractivity contribution in [3.05, 3.63) is 24.5 Å². The Kier molecular flexibility index (Phi) is 4.68. The maximum absolute atomic E-state index is 10.9. The van der Waals surface area contributed by atoms with Crippen LogP contribution < -0.4 is 0 Å². The number of pyridine rings is 1. The van der Waals surface area contributed by atoms with Crippen molar-refractivity contribution >= 4 is 17.5 Å². The van der Waals surface area contributed by atoms with Gasteiger partial charge in [0.2, 0.25) is 0 Å². The molecule has 0 saturated carbocycles. The lowest BCUT2D eigenvalue weighted by Gasteiger charge is -2.03. The number of hydrogen-bond acceptors (Lipinski definition) is 5. The van der Waals surface area contributed by atoms with E-state index < -0.39 is 0 Å². The summed E-state index contributed by atoms with van der Waals surface area (Å²) in [6.45, 7) is 1.62. The molecular weight excluding hydrogens is 260 g/mol. The first-order valence-electron chi connectivity index (χ1n) is 6.10. The Bertz CT molecular complexity index is 553. The Morgan fingerprint density at radius 1 is 1.42 bits per heavy atom. The first kappa shape index (κ1) is 13.7. The molecule has 0 spiro atoms. The van der Waals surface area contributed by atoms with E-state index in [-0.39, 0.29) is 5.78 Å². The number of thioether (sulfide) groups is 1. The summed E-state index contributed by atoms with van der Waals surface area (Å²) < 4.78 is 1.95. The van der Waals surface area contributed by atoms with E-state index in [1.165, 1.54) is 0 Å². The van der Waals surface area contributed by atoms with E-state index in [0.29, 0.717) is 6.42 Å². The first-order chi connectivity index (χ1) is 9.18. The van der Waals surface area contributed by atoms with Crippen LogP contribution >= 0.6 is 11.8 Å². The second-order valence-corrected chi connectivity index (χ2v) is 5.32. The standard InChI is InChI=1S/C13H16N4OS/c1-10(18)5-4-8-19-13-16-15-12(17(13)2)11-6-3-7-14-9-11/h3,6-7,9H,4-5,8H2,1-2H3. The molecule has 2 aromatic heterocycles. The molecule has 100 valence electrons. The van der Waals surface area contributed by atoms with Gasteiger partial charge in [0.25, 0.3) is 0 Å². The maximum Gasteiger partial charge on any atom is 0.191 e. The highest BCUT2D eigenvalue weighted by atomic mass is 32.2. The van der Waals surface area contributed by atoms with Gasteiger partial charge in [-0.2, -0.15) is 0 Å². The first-order valence-corrected chi connectivity index (χ1v) is 7.09. The van der Waals surface area contributed by atoms with Crippen molar-refractivity contribution in [3.8, 4) is 11.4 Å². The van der Waals surface area contributed by atoms with Crippen LogP contribution in [0.15, 0.2) is 29.7 Å². The summed E-state index contributed by atoms with van der Waals surface area (Å²) in [6.07, 6.45) is 5.00. The van der Waals surface area contributed by atoms with Crippen molar-refractivity contribution in [2.75, 3.05) is 5.75 Å². The number of carbonyl (C=O) groups excluding carboxylic acids is 1. The van der Waals surface area contributed by atoms with Crippen molar-refractivity contribution in [1.82, 2.24) is 19.7 Å². The Hall–Kier alpha value is -1.69. The average molecular weight is 276 g/mol. The minimum atomic E-state index is 0.231. The normalized spacial score (nSPS) is 10.6. The summed E-state index contributed by atoms with van der Waals surface area (Å²) >= 11 is 1.62. The summed E-state index contributed by atoms with van der Waals surface area (Å²) in [4.78, 5) is 14.9. The highest BCUT2D eigenvalue weighted by Gasteiger charge is 2.10. The van der Waals surface area contributed by atoms with Crippen LogP contribution in [0.4, 0.5) is 0 Å². The van der Waals surface area contributed by atoms with Gasteiger partial charge < -0.3 is 9.36 Å². The van der Waals surface area contributed by atoms with Gasteiger partial charge in [-0.15, -0.1) is 10.2 Å². The molecule has 5 nitrogen and oxygen atoms in total. The topological polar surface area (TPSA) is 60.7 Å². The summed E-state index contributed by atoms with van der Waals surface area (Å²) in [5.74, 6) is 1.91. The fourth-order valence-electron chi connectivity index (χ4n) is 1.67.